The molecule has 4 heteroatoms. The van der Waals surface area contributed by atoms with Gasteiger partial charge >= 0.3 is 0 Å². The van der Waals surface area contributed by atoms with Crippen LogP contribution in [0.3, 0.4) is 0 Å². The number of rotatable bonds is 5. The van der Waals surface area contributed by atoms with Gasteiger partial charge in [0.15, 0.2) is 0 Å². The van der Waals surface area contributed by atoms with Crippen molar-refractivity contribution in [3.05, 3.63) is 29.6 Å². The van der Waals surface area contributed by atoms with Crippen LogP contribution >= 0.6 is 0 Å². The Hall–Kier alpha value is -1.13. The lowest BCUT2D eigenvalue weighted by molar-refractivity contribution is 0.0257. The highest BCUT2D eigenvalue weighted by atomic mass is 19.1. The number of nitrogens with zero attached hydrogens (tertiary/aromatic N) is 2. The van der Waals surface area contributed by atoms with Gasteiger partial charge in [-0.1, -0.05) is 0 Å². The number of hydrogen-bond acceptors (Lipinski definition) is 3. The van der Waals surface area contributed by atoms with Gasteiger partial charge in [-0.3, -0.25) is 0 Å². The van der Waals surface area contributed by atoms with Crippen molar-refractivity contribution >= 4 is 0 Å². The molecule has 1 aliphatic carbocycles. The third-order valence-electron chi connectivity index (χ3n) is 4.28. The van der Waals surface area contributed by atoms with Gasteiger partial charge in [-0.05, 0) is 58.6 Å². The van der Waals surface area contributed by atoms with Gasteiger partial charge in [0.05, 0.1) is 0 Å². The van der Waals surface area contributed by atoms with E-state index in [1.54, 1.807) is 0 Å². The molecule has 1 saturated carbocycles. The fourth-order valence-corrected chi connectivity index (χ4v) is 2.86. The van der Waals surface area contributed by atoms with Gasteiger partial charge in [-0.25, -0.2) is 4.39 Å². The first-order chi connectivity index (χ1) is 8.93. The molecule has 0 aliphatic heterocycles. The van der Waals surface area contributed by atoms with E-state index in [0.29, 0.717) is 12.1 Å². The van der Waals surface area contributed by atoms with Crippen LogP contribution in [0, 0.1) is 5.82 Å². The molecule has 0 radical (unpaired) electrons. The first kappa shape index (κ1) is 14.3. The molecule has 0 heterocycles. The second kappa shape index (κ2) is 5.47. The van der Waals surface area contributed by atoms with E-state index in [4.69, 9.17) is 0 Å². The van der Waals surface area contributed by atoms with Gasteiger partial charge in [-0.15, -0.1) is 0 Å². The summed E-state index contributed by atoms with van der Waals surface area (Å²) in [6.07, 6.45) is 3.69. The Bertz CT molecular complexity index is 444. The summed E-state index contributed by atoms with van der Waals surface area (Å²) in [7, 11) is 6.26. The van der Waals surface area contributed by atoms with E-state index in [2.05, 4.69) is 23.9 Å². The van der Waals surface area contributed by atoms with Crippen LogP contribution in [0.2, 0.25) is 0 Å². The standard InChI is InChI=1S/C15H23FN2O/c1-17(2)15(7-4-8-15)11-18(3)10-12-9-13(16)5-6-14(12)19/h5-6,9,19H,4,7-8,10-11H2,1-3H3. The Morgan fingerprint density at radius 1 is 1.26 bits per heavy atom. The highest BCUT2D eigenvalue weighted by Crippen LogP contribution is 2.37. The molecule has 1 fully saturated rings. The SMILES string of the molecule is CN(Cc1cc(F)ccc1O)CC1(N(C)C)CCC1. The van der Waals surface area contributed by atoms with Crippen molar-refractivity contribution in [3.63, 3.8) is 0 Å². The van der Waals surface area contributed by atoms with Crippen molar-refractivity contribution in [1.82, 2.24) is 9.80 Å². The van der Waals surface area contributed by atoms with Gasteiger partial charge in [0.25, 0.3) is 0 Å². The Kier molecular flexibility index (Phi) is 4.11. The molecule has 0 aromatic heterocycles. The lowest BCUT2D eigenvalue weighted by Crippen LogP contribution is -2.56. The quantitative estimate of drug-likeness (QED) is 0.887. The first-order valence-electron chi connectivity index (χ1n) is 6.76. The van der Waals surface area contributed by atoms with Crippen LogP contribution < -0.4 is 0 Å². The fraction of sp³-hybridized carbons (Fsp3) is 0.600. The van der Waals surface area contributed by atoms with Crippen molar-refractivity contribution in [1.29, 1.82) is 0 Å². The summed E-state index contributed by atoms with van der Waals surface area (Å²) in [4.78, 5) is 4.45. The first-order valence-corrected chi connectivity index (χ1v) is 6.76. The van der Waals surface area contributed by atoms with Gasteiger partial charge in [-0.2, -0.15) is 0 Å². The van der Waals surface area contributed by atoms with E-state index >= 15 is 0 Å². The van der Waals surface area contributed by atoms with Crippen LogP contribution in [-0.4, -0.2) is 48.1 Å². The summed E-state index contributed by atoms with van der Waals surface area (Å²) < 4.78 is 13.2. The zero-order valence-electron chi connectivity index (χ0n) is 12.0. The Labute approximate surface area is 114 Å². The second-order valence-corrected chi connectivity index (χ2v) is 5.92. The molecule has 1 aliphatic rings. The van der Waals surface area contributed by atoms with Gasteiger partial charge < -0.3 is 14.9 Å². The van der Waals surface area contributed by atoms with Crippen LogP contribution in [0.25, 0.3) is 0 Å². The van der Waals surface area contributed by atoms with Crippen LogP contribution in [0.5, 0.6) is 5.75 Å². The molecule has 2 rings (SSSR count). The number of hydrogen-bond donors (Lipinski definition) is 1. The van der Waals surface area contributed by atoms with Crippen molar-refractivity contribution in [2.45, 2.75) is 31.3 Å². The maximum Gasteiger partial charge on any atom is 0.123 e. The molecular weight excluding hydrogens is 243 g/mol. The summed E-state index contributed by atoms with van der Waals surface area (Å²) in [5.74, 6) is -0.132. The number of likely N-dealkylation sites (N-methyl/N-ethyl adjacent to an activating group) is 2. The molecule has 0 unspecified atom stereocenters. The number of benzene rings is 1. The predicted octanol–water partition coefficient (Wildman–Crippen LogP) is 2.45. The zero-order valence-corrected chi connectivity index (χ0v) is 12.0. The molecule has 3 nitrogen and oxygen atoms in total. The summed E-state index contributed by atoms with van der Waals surface area (Å²) in [6.45, 7) is 1.51. The fourth-order valence-electron chi connectivity index (χ4n) is 2.86. The predicted molar refractivity (Wildman–Crippen MR) is 74.7 cm³/mol. The molecule has 1 aromatic carbocycles. The highest BCUT2D eigenvalue weighted by molar-refractivity contribution is 5.32. The smallest absolute Gasteiger partial charge is 0.123 e. The normalized spacial score (nSPS) is 17.8. The largest absolute Gasteiger partial charge is 0.508 e. The van der Waals surface area contributed by atoms with Crippen molar-refractivity contribution < 1.29 is 9.50 Å². The van der Waals surface area contributed by atoms with Crippen LogP contribution in [-0.2, 0) is 6.54 Å². The Morgan fingerprint density at radius 2 is 1.95 bits per heavy atom. The zero-order chi connectivity index (χ0) is 14.0. The summed E-state index contributed by atoms with van der Waals surface area (Å²) in [5.41, 5.74) is 0.897. The number of phenolic OH excluding ortho intramolecular Hbond substituents is 1. The minimum Gasteiger partial charge on any atom is -0.508 e. The maximum atomic E-state index is 13.2. The average molecular weight is 266 g/mol. The molecule has 0 atom stereocenters. The Balaban J connectivity index is 2.01. The number of halogens is 1. The number of aromatic hydroxyl groups is 1. The summed E-state index contributed by atoms with van der Waals surface area (Å²) >= 11 is 0. The van der Waals surface area contributed by atoms with E-state index < -0.39 is 0 Å². The Morgan fingerprint density at radius 3 is 2.47 bits per heavy atom. The van der Waals surface area contributed by atoms with Gasteiger partial charge in [0.1, 0.15) is 11.6 Å². The molecule has 0 amide bonds. The van der Waals surface area contributed by atoms with Crippen molar-refractivity contribution in [3.8, 4) is 5.75 Å². The lowest BCUT2D eigenvalue weighted by atomic mass is 9.75. The highest BCUT2D eigenvalue weighted by Gasteiger charge is 2.39. The minimum absolute atomic E-state index is 0.167. The van der Waals surface area contributed by atoms with Gasteiger partial charge in [0.2, 0.25) is 0 Å². The topological polar surface area (TPSA) is 26.7 Å². The second-order valence-electron chi connectivity index (χ2n) is 5.92. The molecule has 1 aromatic rings. The molecule has 0 saturated heterocycles. The van der Waals surface area contributed by atoms with Crippen LogP contribution in [0.4, 0.5) is 4.39 Å². The molecule has 1 N–H and O–H groups in total. The number of phenols is 1. The molecule has 0 spiro atoms. The maximum absolute atomic E-state index is 13.2. The molecule has 19 heavy (non-hydrogen) atoms. The molecular formula is C15H23FN2O. The van der Waals surface area contributed by atoms with E-state index in [-0.39, 0.29) is 17.1 Å². The molecule has 106 valence electrons. The average Bonchev–Trinajstić information content (AvgIpc) is 2.28. The van der Waals surface area contributed by atoms with Crippen LogP contribution in [0.15, 0.2) is 18.2 Å². The van der Waals surface area contributed by atoms with Crippen molar-refractivity contribution in [2.75, 3.05) is 27.7 Å². The third-order valence-corrected chi connectivity index (χ3v) is 4.28. The minimum atomic E-state index is -0.299. The monoisotopic (exact) mass is 266 g/mol. The van der Waals surface area contributed by atoms with Crippen LogP contribution in [0.1, 0.15) is 24.8 Å². The van der Waals surface area contributed by atoms with E-state index in [1.807, 2.05) is 7.05 Å². The summed E-state index contributed by atoms with van der Waals surface area (Å²) in [5, 5.41) is 9.76. The third kappa shape index (κ3) is 3.07. The van der Waals surface area contributed by atoms with E-state index in [1.165, 1.54) is 37.5 Å². The summed E-state index contributed by atoms with van der Waals surface area (Å²) in [6, 6.07) is 4.12. The van der Waals surface area contributed by atoms with Crippen molar-refractivity contribution in [2.24, 2.45) is 0 Å². The van der Waals surface area contributed by atoms with E-state index in [0.717, 1.165) is 6.54 Å². The van der Waals surface area contributed by atoms with E-state index in [9.17, 15) is 9.50 Å². The lowest BCUT2D eigenvalue weighted by Gasteiger charge is -2.49. The molecule has 0 bridgehead atoms. The van der Waals surface area contributed by atoms with Gasteiger partial charge in [0, 0.05) is 24.2 Å².